The van der Waals surface area contributed by atoms with E-state index in [1.165, 1.54) is 4.90 Å². The van der Waals surface area contributed by atoms with E-state index in [9.17, 15) is 14.4 Å². The van der Waals surface area contributed by atoms with E-state index in [1.54, 1.807) is 19.1 Å². The molecule has 0 aromatic heterocycles. The van der Waals surface area contributed by atoms with E-state index in [4.69, 9.17) is 4.74 Å². The Kier molecular flexibility index (Phi) is 4.96. The number of nitrogens with zero attached hydrogens (tertiary/aromatic N) is 2. The number of carbonyl (C=O) groups excluding carboxylic acids is 3. The average molecular weight is 393 g/mol. The zero-order chi connectivity index (χ0) is 20.5. The highest BCUT2D eigenvalue weighted by Crippen LogP contribution is 2.31. The summed E-state index contributed by atoms with van der Waals surface area (Å²) in [5.74, 6) is 0.000931. The molecule has 0 aliphatic carbocycles. The second-order valence-corrected chi connectivity index (χ2v) is 7.38. The second-order valence-electron chi connectivity index (χ2n) is 7.38. The van der Waals surface area contributed by atoms with Crippen molar-refractivity contribution in [2.45, 2.75) is 32.4 Å². The summed E-state index contributed by atoms with van der Waals surface area (Å²) in [6.45, 7) is 3.83. The topological polar surface area (TPSA) is 79.0 Å². The monoisotopic (exact) mass is 393 g/mol. The largest absolute Gasteiger partial charge is 0.493 e. The van der Waals surface area contributed by atoms with Gasteiger partial charge in [0, 0.05) is 17.7 Å². The molecule has 1 saturated heterocycles. The number of aryl methyl sites for hydroxylation is 1. The molecule has 4 amide bonds. The second kappa shape index (κ2) is 7.58. The van der Waals surface area contributed by atoms with Crippen molar-refractivity contribution in [3.8, 4) is 5.75 Å². The molecule has 0 spiro atoms. The maximum atomic E-state index is 12.9. The highest BCUT2D eigenvalue weighted by molar-refractivity contribution is 6.15. The van der Waals surface area contributed by atoms with Crippen molar-refractivity contribution in [2.24, 2.45) is 0 Å². The third-order valence-electron chi connectivity index (χ3n) is 5.36. The predicted molar refractivity (Wildman–Crippen MR) is 108 cm³/mol. The lowest BCUT2D eigenvalue weighted by Crippen LogP contribution is -2.43. The van der Waals surface area contributed by atoms with Crippen LogP contribution in [0.4, 0.5) is 10.5 Å². The van der Waals surface area contributed by atoms with Gasteiger partial charge < -0.3 is 10.1 Å². The van der Waals surface area contributed by atoms with Gasteiger partial charge in [-0.1, -0.05) is 35.9 Å². The Morgan fingerprint density at radius 2 is 1.86 bits per heavy atom. The third-order valence-corrected chi connectivity index (χ3v) is 5.36. The van der Waals surface area contributed by atoms with Gasteiger partial charge in [-0.25, -0.2) is 4.79 Å². The van der Waals surface area contributed by atoms with E-state index >= 15 is 0 Å². The van der Waals surface area contributed by atoms with Gasteiger partial charge in [0.05, 0.1) is 12.6 Å². The first-order valence-electron chi connectivity index (χ1n) is 9.68. The number of rotatable bonds is 4. The molecule has 2 atom stereocenters. The van der Waals surface area contributed by atoms with Crippen molar-refractivity contribution in [2.75, 3.05) is 18.1 Å². The first kappa shape index (κ1) is 19.0. The summed E-state index contributed by atoms with van der Waals surface area (Å²) >= 11 is 0. The van der Waals surface area contributed by atoms with Crippen LogP contribution < -0.4 is 15.0 Å². The van der Waals surface area contributed by atoms with Crippen molar-refractivity contribution in [3.63, 3.8) is 0 Å². The fourth-order valence-electron chi connectivity index (χ4n) is 3.79. The minimum atomic E-state index is -0.651. The number of anilines is 1. The molecule has 2 heterocycles. The molecule has 2 aliphatic heterocycles. The van der Waals surface area contributed by atoms with Gasteiger partial charge in [0.15, 0.2) is 0 Å². The summed E-state index contributed by atoms with van der Waals surface area (Å²) in [6.07, 6.45) is 0.635. The van der Waals surface area contributed by atoms with Crippen molar-refractivity contribution in [3.05, 3.63) is 59.7 Å². The number of benzene rings is 2. The number of fused-ring (bicyclic) bond motifs is 1. The Balaban J connectivity index is 1.47. The lowest BCUT2D eigenvalue weighted by Gasteiger charge is -2.27. The number of ether oxygens (including phenoxy) is 1. The summed E-state index contributed by atoms with van der Waals surface area (Å²) in [5, 5.41) is 2.94. The zero-order valence-electron chi connectivity index (χ0n) is 16.4. The minimum absolute atomic E-state index is 0.203. The van der Waals surface area contributed by atoms with Gasteiger partial charge in [0.1, 0.15) is 18.3 Å². The first-order valence-corrected chi connectivity index (χ1v) is 9.68. The van der Waals surface area contributed by atoms with Crippen LogP contribution in [-0.2, 0) is 9.59 Å². The maximum Gasteiger partial charge on any atom is 0.332 e. The molecule has 1 fully saturated rings. The van der Waals surface area contributed by atoms with Crippen molar-refractivity contribution >= 4 is 23.5 Å². The van der Waals surface area contributed by atoms with Gasteiger partial charge in [-0.15, -0.1) is 0 Å². The SMILES string of the molecule is Cc1ccc(N2C(=O)N(CC(=O)N[C@H]3CCOc4ccccc43)C(=O)[C@@H]2C)cc1. The molecule has 150 valence electrons. The zero-order valence-corrected chi connectivity index (χ0v) is 16.4. The number of para-hydroxylation sites is 1. The van der Waals surface area contributed by atoms with E-state index in [1.807, 2.05) is 43.3 Å². The molecule has 2 aliphatic rings. The van der Waals surface area contributed by atoms with Gasteiger partial charge in [-0.3, -0.25) is 19.4 Å². The molecular formula is C22H23N3O4. The highest BCUT2D eigenvalue weighted by Gasteiger charge is 2.44. The van der Waals surface area contributed by atoms with Crippen LogP contribution >= 0.6 is 0 Å². The number of carbonyl (C=O) groups is 3. The van der Waals surface area contributed by atoms with Gasteiger partial charge in [-0.05, 0) is 32.0 Å². The summed E-state index contributed by atoms with van der Waals surface area (Å²) in [5.41, 5.74) is 2.61. The Morgan fingerprint density at radius 1 is 1.14 bits per heavy atom. The first-order chi connectivity index (χ1) is 14.0. The standard InChI is InChI=1S/C22H23N3O4/c1-14-7-9-16(10-8-14)25-15(2)21(27)24(22(25)28)13-20(26)23-18-11-12-29-19-6-4-3-5-17(18)19/h3-10,15,18H,11-13H2,1-2H3,(H,23,26)/t15-,18-/m0/s1. The molecule has 29 heavy (non-hydrogen) atoms. The normalized spacial score (nSPS) is 21.0. The number of urea groups is 1. The van der Waals surface area contributed by atoms with Crippen molar-refractivity contribution < 1.29 is 19.1 Å². The summed E-state index contributed by atoms with van der Waals surface area (Å²) in [7, 11) is 0. The average Bonchev–Trinajstić information content (AvgIpc) is 2.92. The Hall–Kier alpha value is -3.35. The Bertz CT molecular complexity index is 957. The molecule has 7 nitrogen and oxygen atoms in total. The molecule has 2 aromatic rings. The fraction of sp³-hybridized carbons (Fsp3) is 0.318. The van der Waals surface area contributed by atoms with Crippen LogP contribution in [0.1, 0.15) is 30.5 Å². The summed E-state index contributed by atoms with van der Waals surface area (Å²) in [6, 6.07) is 13.6. The molecule has 0 unspecified atom stereocenters. The Morgan fingerprint density at radius 3 is 2.62 bits per heavy atom. The van der Waals surface area contributed by atoms with E-state index < -0.39 is 12.1 Å². The number of amides is 4. The lowest BCUT2D eigenvalue weighted by atomic mass is 10.0. The van der Waals surface area contributed by atoms with E-state index in [-0.39, 0.29) is 24.4 Å². The van der Waals surface area contributed by atoms with E-state index in [2.05, 4.69) is 5.32 Å². The summed E-state index contributed by atoms with van der Waals surface area (Å²) in [4.78, 5) is 40.6. The third kappa shape index (κ3) is 3.55. The van der Waals surface area contributed by atoms with Crippen molar-refractivity contribution in [1.82, 2.24) is 10.2 Å². The van der Waals surface area contributed by atoms with Crippen molar-refractivity contribution in [1.29, 1.82) is 0 Å². The Labute approximate surface area is 169 Å². The van der Waals surface area contributed by atoms with Crippen LogP contribution in [-0.4, -0.2) is 41.9 Å². The number of nitrogens with one attached hydrogen (secondary N) is 1. The van der Waals surface area contributed by atoms with Gasteiger partial charge in [0.25, 0.3) is 5.91 Å². The van der Waals surface area contributed by atoms with Crippen LogP contribution in [0.2, 0.25) is 0 Å². The molecule has 2 aromatic carbocycles. The molecular weight excluding hydrogens is 370 g/mol. The number of hydrogen-bond donors (Lipinski definition) is 1. The van der Waals surface area contributed by atoms with E-state index in [0.717, 1.165) is 21.8 Å². The number of imide groups is 1. The quantitative estimate of drug-likeness (QED) is 0.810. The smallest absolute Gasteiger partial charge is 0.332 e. The minimum Gasteiger partial charge on any atom is -0.493 e. The molecule has 4 rings (SSSR count). The number of hydrogen-bond acceptors (Lipinski definition) is 4. The van der Waals surface area contributed by atoms with Gasteiger partial charge >= 0.3 is 6.03 Å². The fourth-order valence-corrected chi connectivity index (χ4v) is 3.79. The van der Waals surface area contributed by atoms with Crippen LogP contribution in [0.3, 0.4) is 0 Å². The van der Waals surface area contributed by atoms with Crippen LogP contribution in [0.25, 0.3) is 0 Å². The highest BCUT2D eigenvalue weighted by atomic mass is 16.5. The molecule has 7 heteroatoms. The van der Waals surface area contributed by atoms with Gasteiger partial charge in [0.2, 0.25) is 5.91 Å². The van der Waals surface area contributed by atoms with Crippen LogP contribution in [0.5, 0.6) is 5.75 Å². The van der Waals surface area contributed by atoms with E-state index in [0.29, 0.717) is 18.7 Å². The van der Waals surface area contributed by atoms with Crippen LogP contribution in [0.15, 0.2) is 48.5 Å². The lowest BCUT2D eigenvalue weighted by molar-refractivity contribution is -0.132. The molecule has 0 bridgehead atoms. The predicted octanol–water partition coefficient (Wildman–Crippen LogP) is 2.79. The van der Waals surface area contributed by atoms with Gasteiger partial charge in [-0.2, -0.15) is 0 Å². The molecule has 0 radical (unpaired) electrons. The summed E-state index contributed by atoms with van der Waals surface area (Å²) < 4.78 is 5.61. The van der Waals surface area contributed by atoms with Crippen LogP contribution in [0, 0.1) is 6.92 Å². The molecule has 1 N–H and O–H groups in total. The molecule has 0 saturated carbocycles. The maximum absolute atomic E-state index is 12.9.